The third-order valence-corrected chi connectivity index (χ3v) is 4.06. The molecular weight excluding hydrogens is 300 g/mol. The fourth-order valence-corrected chi connectivity index (χ4v) is 2.69. The Morgan fingerprint density at radius 1 is 1.39 bits per heavy atom. The fourth-order valence-electron chi connectivity index (χ4n) is 2.69. The summed E-state index contributed by atoms with van der Waals surface area (Å²) in [6.07, 6.45) is -0.967. The van der Waals surface area contributed by atoms with Crippen molar-refractivity contribution in [3.05, 3.63) is 11.3 Å². The molecule has 0 spiro atoms. The van der Waals surface area contributed by atoms with Crippen LogP contribution in [0.4, 0.5) is 15.4 Å². The average Bonchev–Trinajstić information content (AvgIpc) is 2.84. The third-order valence-electron chi connectivity index (χ3n) is 4.06. The van der Waals surface area contributed by atoms with Crippen molar-refractivity contribution in [3.8, 4) is 0 Å². The van der Waals surface area contributed by atoms with Crippen molar-refractivity contribution in [1.82, 2.24) is 14.7 Å². The van der Waals surface area contributed by atoms with Crippen LogP contribution in [-0.4, -0.2) is 38.6 Å². The summed E-state index contributed by atoms with van der Waals surface area (Å²) in [7, 11) is 0. The van der Waals surface area contributed by atoms with Gasteiger partial charge in [0, 0.05) is 5.56 Å². The van der Waals surface area contributed by atoms with E-state index in [1.165, 1.54) is 4.90 Å². The molecule has 0 saturated heterocycles. The predicted octanol–water partition coefficient (Wildman–Crippen LogP) is 2.61. The number of carbonyl (C=O) groups excluding carboxylic acids is 1. The van der Waals surface area contributed by atoms with Crippen LogP contribution in [-0.2, 0) is 16.8 Å². The first-order valence-electron chi connectivity index (χ1n) is 7.50. The van der Waals surface area contributed by atoms with E-state index in [1.54, 1.807) is 13.8 Å². The lowest BCUT2D eigenvalue weighted by molar-refractivity contribution is 0.0575. The lowest BCUT2D eigenvalue weighted by atomic mass is 9.93. The summed E-state index contributed by atoms with van der Waals surface area (Å²) in [4.78, 5) is 25.2. The van der Waals surface area contributed by atoms with Gasteiger partial charge in [0.15, 0.2) is 5.82 Å². The Morgan fingerprint density at radius 2 is 2.00 bits per heavy atom. The first-order valence-corrected chi connectivity index (χ1v) is 7.50. The number of carbonyl (C=O) groups is 2. The number of fused-ring (bicyclic) bond motifs is 1. The molecule has 1 aromatic rings. The molecule has 2 rings (SSSR count). The second-order valence-electron chi connectivity index (χ2n) is 7.48. The van der Waals surface area contributed by atoms with Crippen LogP contribution in [0.3, 0.4) is 0 Å². The zero-order chi connectivity index (χ0) is 17.6. The van der Waals surface area contributed by atoms with Crippen molar-refractivity contribution < 1.29 is 19.4 Å². The van der Waals surface area contributed by atoms with Crippen molar-refractivity contribution in [2.24, 2.45) is 5.41 Å². The Morgan fingerprint density at radius 3 is 2.52 bits per heavy atom. The van der Waals surface area contributed by atoms with E-state index in [-0.39, 0.29) is 17.8 Å². The number of rotatable bonds is 2. The van der Waals surface area contributed by atoms with Crippen LogP contribution in [0.25, 0.3) is 0 Å². The van der Waals surface area contributed by atoms with Crippen LogP contribution < -0.4 is 5.73 Å². The fraction of sp³-hybridized carbons (Fsp3) is 0.667. The van der Waals surface area contributed by atoms with E-state index in [0.29, 0.717) is 17.9 Å². The molecule has 1 aliphatic heterocycles. The van der Waals surface area contributed by atoms with Gasteiger partial charge < -0.3 is 15.6 Å². The monoisotopic (exact) mass is 324 g/mol. The topological polar surface area (TPSA) is 111 Å². The van der Waals surface area contributed by atoms with Gasteiger partial charge in [-0.2, -0.15) is 4.68 Å². The summed E-state index contributed by atoms with van der Waals surface area (Å²) >= 11 is 0. The van der Waals surface area contributed by atoms with Gasteiger partial charge in [-0.3, -0.25) is 4.90 Å². The Kier molecular flexibility index (Phi) is 4.04. The van der Waals surface area contributed by atoms with E-state index in [2.05, 4.69) is 25.9 Å². The zero-order valence-corrected chi connectivity index (χ0v) is 14.2. The first kappa shape index (κ1) is 17.1. The molecule has 0 radical (unpaired) electrons. The SMILES string of the molecule is CC(C)(C)CCOC(=O)N1Cc2c(N)nn(C(=O)O)c2C1(C)C. The van der Waals surface area contributed by atoms with E-state index >= 15 is 0 Å². The lowest BCUT2D eigenvalue weighted by Crippen LogP contribution is -2.42. The van der Waals surface area contributed by atoms with Gasteiger partial charge in [0.1, 0.15) is 0 Å². The number of nitrogens with two attached hydrogens (primary N) is 1. The highest BCUT2D eigenvalue weighted by Gasteiger charge is 2.47. The average molecular weight is 324 g/mol. The maximum Gasteiger partial charge on any atom is 0.432 e. The quantitative estimate of drug-likeness (QED) is 0.865. The van der Waals surface area contributed by atoms with E-state index in [0.717, 1.165) is 11.1 Å². The molecule has 0 aliphatic carbocycles. The van der Waals surface area contributed by atoms with E-state index in [9.17, 15) is 14.7 Å². The van der Waals surface area contributed by atoms with Crippen molar-refractivity contribution in [2.45, 2.75) is 53.1 Å². The minimum Gasteiger partial charge on any atom is -0.463 e. The summed E-state index contributed by atoms with van der Waals surface area (Å²) in [6, 6.07) is 0. The number of nitrogens with zero attached hydrogens (tertiary/aromatic N) is 3. The maximum atomic E-state index is 12.4. The van der Waals surface area contributed by atoms with E-state index in [4.69, 9.17) is 10.5 Å². The van der Waals surface area contributed by atoms with E-state index in [1.807, 2.05) is 0 Å². The largest absolute Gasteiger partial charge is 0.463 e. The highest BCUT2D eigenvalue weighted by molar-refractivity contribution is 5.75. The summed E-state index contributed by atoms with van der Waals surface area (Å²) in [6.45, 7) is 10.2. The Bertz CT molecular complexity index is 643. The Labute approximate surface area is 135 Å². The molecule has 1 amide bonds. The molecule has 0 aromatic carbocycles. The number of ether oxygens (including phenoxy) is 1. The number of hydrogen-bond donors (Lipinski definition) is 2. The van der Waals surface area contributed by atoms with Crippen LogP contribution in [0, 0.1) is 5.41 Å². The van der Waals surface area contributed by atoms with Crippen molar-refractivity contribution in [3.63, 3.8) is 0 Å². The molecule has 0 unspecified atom stereocenters. The molecule has 3 N–H and O–H groups in total. The normalized spacial score (nSPS) is 16.3. The van der Waals surface area contributed by atoms with Gasteiger partial charge in [0.05, 0.1) is 24.4 Å². The number of anilines is 1. The smallest absolute Gasteiger partial charge is 0.432 e. The number of hydrogen-bond acceptors (Lipinski definition) is 5. The zero-order valence-electron chi connectivity index (χ0n) is 14.2. The Hall–Kier alpha value is -2.25. The van der Waals surface area contributed by atoms with Crippen LogP contribution in [0.5, 0.6) is 0 Å². The van der Waals surface area contributed by atoms with Gasteiger partial charge in [-0.15, -0.1) is 5.10 Å². The van der Waals surface area contributed by atoms with Crippen LogP contribution in [0.15, 0.2) is 0 Å². The van der Waals surface area contributed by atoms with Crippen molar-refractivity contribution in [2.75, 3.05) is 12.3 Å². The number of aromatic nitrogens is 2. The highest BCUT2D eigenvalue weighted by Crippen LogP contribution is 2.41. The van der Waals surface area contributed by atoms with Crippen LogP contribution in [0.1, 0.15) is 52.3 Å². The number of carboxylic acid groups (broad SMARTS) is 1. The predicted molar refractivity (Wildman–Crippen MR) is 84.1 cm³/mol. The first-order chi connectivity index (χ1) is 10.4. The molecule has 128 valence electrons. The molecule has 0 bridgehead atoms. The molecule has 23 heavy (non-hydrogen) atoms. The van der Waals surface area contributed by atoms with Crippen LogP contribution >= 0.6 is 0 Å². The van der Waals surface area contributed by atoms with Gasteiger partial charge in [0.25, 0.3) is 0 Å². The van der Waals surface area contributed by atoms with Gasteiger partial charge >= 0.3 is 12.2 Å². The molecule has 1 aromatic heterocycles. The number of nitrogen functional groups attached to an aromatic ring is 1. The molecule has 0 atom stereocenters. The molecule has 0 fully saturated rings. The van der Waals surface area contributed by atoms with Gasteiger partial charge in [-0.25, -0.2) is 9.59 Å². The van der Waals surface area contributed by atoms with Gasteiger partial charge in [-0.05, 0) is 25.7 Å². The Balaban J connectivity index is 2.19. The molecule has 8 nitrogen and oxygen atoms in total. The molecule has 8 heteroatoms. The summed E-state index contributed by atoms with van der Waals surface area (Å²) in [5, 5.41) is 13.1. The molecule has 0 saturated carbocycles. The van der Waals surface area contributed by atoms with E-state index < -0.39 is 17.7 Å². The third kappa shape index (κ3) is 3.11. The number of amides is 1. The maximum absolute atomic E-state index is 12.4. The van der Waals surface area contributed by atoms with Crippen molar-refractivity contribution in [1.29, 1.82) is 0 Å². The highest BCUT2D eigenvalue weighted by atomic mass is 16.6. The summed E-state index contributed by atoms with van der Waals surface area (Å²) in [5.41, 5.74) is 5.97. The van der Waals surface area contributed by atoms with Crippen molar-refractivity contribution >= 4 is 18.0 Å². The summed E-state index contributed by atoms with van der Waals surface area (Å²) in [5.74, 6) is 0.125. The molecule has 2 heterocycles. The van der Waals surface area contributed by atoms with Gasteiger partial charge in [0.2, 0.25) is 0 Å². The van der Waals surface area contributed by atoms with Crippen LogP contribution in [0.2, 0.25) is 0 Å². The second-order valence-corrected chi connectivity index (χ2v) is 7.48. The van der Waals surface area contributed by atoms with Gasteiger partial charge in [-0.1, -0.05) is 20.8 Å². The minimum atomic E-state index is -1.23. The molecular formula is C15H24N4O4. The molecule has 1 aliphatic rings. The standard InChI is InChI=1S/C15H24N4O4/c1-14(2,3)6-7-23-13(22)18-8-9-10(15(18,4)5)19(12(20)21)17-11(9)16/h6-8H2,1-5H3,(H2,16,17)(H,20,21). The minimum absolute atomic E-state index is 0.0675. The summed E-state index contributed by atoms with van der Waals surface area (Å²) < 4.78 is 6.19. The second kappa shape index (κ2) is 5.43. The lowest BCUT2D eigenvalue weighted by Gasteiger charge is -2.32.